The van der Waals surface area contributed by atoms with Crippen LogP contribution in [0.2, 0.25) is 0 Å². The van der Waals surface area contributed by atoms with E-state index in [1.807, 2.05) is 6.07 Å². The summed E-state index contributed by atoms with van der Waals surface area (Å²) in [4.78, 5) is 14.2. The Labute approximate surface area is 140 Å². The van der Waals surface area contributed by atoms with Gasteiger partial charge in [-0.05, 0) is 42.7 Å². The second-order valence-corrected chi connectivity index (χ2v) is 7.17. The van der Waals surface area contributed by atoms with E-state index >= 15 is 0 Å². The van der Waals surface area contributed by atoms with Crippen molar-refractivity contribution in [3.05, 3.63) is 47.9 Å². The Bertz CT molecular complexity index is 895. The second kappa shape index (κ2) is 6.42. The number of furan rings is 1. The molecule has 124 valence electrons. The summed E-state index contributed by atoms with van der Waals surface area (Å²) in [6.45, 7) is 0.549. The fraction of sp³-hybridized carbons (Fsp3) is 0.235. The van der Waals surface area contributed by atoms with E-state index in [0.717, 1.165) is 18.4 Å². The van der Waals surface area contributed by atoms with Gasteiger partial charge >= 0.3 is 0 Å². The minimum atomic E-state index is -3.60. The predicted molar refractivity (Wildman–Crippen MR) is 91.4 cm³/mol. The fourth-order valence-electron chi connectivity index (χ4n) is 2.71. The number of fused-ring (bicyclic) bond motifs is 1. The van der Waals surface area contributed by atoms with Gasteiger partial charge in [0, 0.05) is 12.2 Å². The molecule has 6 nitrogen and oxygen atoms in total. The van der Waals surface area contributed by atoms with Gasteiger partial charge in [-0.15, -0.1) is 6.42 Å². The highest BCUT2D eigenvalue weighted by Crippen LogP contribution is 2.31. The van der Waals surface area contributed by atoms with E-state index in [0.29, 0.717) is 17.9 Å². The van der Waals surface area contributed by atoms with Crippen LogP contribution in [-0.4, -0.2) is 26.6 Å². The molecule has 7 heteroatoms. The molecule has 0 spiro atoms. The van der Waals surface area contributed by atoms with Gasteiger partial charge < -0.3 is 9.32 Å². The first-order valence-electron chi connectivity index (χ1n) is 7.42. The lowest BCUT2D eigenvalue weighted by Gasteiger charge is -2.29. The maximum Gasteiger partial charge on any atom is 0.293 e. The summed E-state index contributed by atoms with van der Waals surface area (Å²) in [5.74, 6) is 1.71. The van der Waals surface area contributed by atoms with E-state index in [2.05, 4.69) is 10.6 Å². The highest BCUT2D eigenvalue weighted by Gasteiger charge is 2.25. The first-order valence-corrected chi connectivity index (χ1v) is 9.07. The number of rotatable bonds is 4. The van der Waals surface area contributed by atoms with Crippen LogP contribution in [0.25, 0.3) is 0 Å². The molecule has 0 radical (unpaired) electrons. The minimum Gasteiger partial charge on any atom is -0.459 e. The zero-order valence-corrected chi connectivity index (χ0v) is 13.7. The largest absolute Gasteiger partial charge is 0.459 e. The predicted octanol–water partition coefficient (Wildman–Crippen LogP) is 2.25. The normalized spacial score (nSPS) is 13.9. The van der Waals surface area contributed by atoms with Gasteiger partial charge in [0.15, 0.2) is 5.76 Å². The average molecular weight is 344 g/mol. The summed E-state index contributed by atoms with van der Waals surface area (Å²) in [7, 11) is -3.60. The molecule has 1 amide bonds. The highest BCUT2D eigenvalue weighted by molar-refractivity contribution is 7.92. The molecule has 0 fully saturated rings. The van der Waals surface area contributed by atoms with Crippen molar-refractivity contribution >= 4 is 27.3 Å². The Kier molecular flexibility index (Phi) is 4.32. The van der Waals surface area contributed by atoms with E-state index in [9.17, 15) is 13.2 Å². The maximum absolute atomic E-state index is 12.6. The summed E-state index contributed by atoms with van der Waals surface area (Å²) < 4.78 is 31.3. The third-order valence-corrected chi connectivity index (χ3v) is 4.82. The monoisotopic (exact) mass is 344 g/mol. The first-order chi connectivity index (χ1) is 11.5. The number of aryl methyl sites for hydroxylation is 1. The summed E-state index contributed by atoms with van der Waals surface area (Å²) in [6.07, 6.45) is 8.17. The van der Waals surface area contributed by atoms with Crippen molar-refractivity contribution in [1.82, 2.24) is 0 Å². The van der Waals surface area contributed by atoms with Crippen LogP contribution in [0.4, 0.5) is 11.4 Å². The molecule has 2 aromatic rings. The Hall–Kier alpha value is -2.72. The summed E-state index contributed by atoms with van der Waals surface area (Å²) >= 11 is 0. The number of terminal acetylenes is 1. The van der Waals surface area contributed by atoms with Crippen LogP contribution in [0.1, 0.15) is 22.5 Å². The van der Waals surface area contributed by atoms with Gasteiger partial charge in [-0.25, -0.2) is 8.42 Å². The minimum absolute atomic E-state index is 0.246. The highest BCUT2D eigenvalue weighted by atomic mass is 32.2. The van der Waals surface area contributed by atoms with Gasteiger partial charge in [-0.1, -0.05) is 12.0 Å². The van der Waals surface area contributed by atoms with Gasteiger partial charge in [0.05, 0.1) is 12.0 Å². The van der Waals surface area contributed by atoms with E-state index in [1.165, 1.54) is 6.26 Å². The number of hydrogen-bond donors (Lipinski definition) is 1. The number of benzene rings is 1. The zero-order chi connectivity index (χ0) is 17.2. The Morgan fingerprint density at radius 3 is 2.92 bits per heavy atom. The molecule has 0 saturated heterocycles. The average Bonchev–Trinajstić information content (AvgIpc) is 3.07. The molecular formula is C17H16N2O4S. The standard InChI is InChI=1S/C17H16N2O4S/c1-2-11-24(21,22)18-14-8-7-13-5-3-9-19(15(13)12-14)17(20)16-6-4-10-23-16/h1,4,6-8,10,12,18H,3,5,9,11H2. The maximum atomic E-state index is 12.6. The van der Waals surface area contributed by atoms with Crippen molar-refractivity contribution in [2.75, 3.05) is 21.9 Å². The van der Waals surface area contributed by atoms with Crippen molar-refractivity contribution in [3.63, 3.8) is 0 Å². The number of hydrogen-bond acceptors (Lipinski definition) is 4. The fourth-order valence-corrected chi connectivity index (χ4v) is 3.49. The molecule has 0 saturated carbocycles. The van der Waals surface area contributed by atoms with Crippen molar-refractivity contribution in [3.8, 4) is 12.3 Å². The molecular weight excluding hydrogens is 328 g/mol. The SMILES string of the molecule is C#CCS(=O)(=O)Nc1ccc2c(c1)N(C(=O)c1ccco1)CCC2. The third-order valence-electron chi connectivity index (χ3n) is 3.73. The van der Waals surface area contributed by atoms with Crippen molar-refractivity contribution < 1.29 is 17.6 Å². The van der Waals surface area contributed by atoms with Crippen LogP contribution in [0.5, 0.6) is 0 Å². The molecule has 0 bridgehead atoms. The van der Waals surface area contributed by atoms with Crippen LogP contribution < -0.4 is 9.62 Å². The molecule has 2 heterocycles. The van der Waals surface area contributed by atoms with Gasteiger partial charge in [0.25, 0.3) is 5.91 Å². The number of nitrogens with zero attached hydrogens (tertiary/aromatic N) is 1. The molecule has 24 heavy (non-hydrogen) atoms. The summed E-state index contributed by atoms with van der Waals surface area (Å²) in [5.41, 5.74) is 2.05. The van der Waals surface area contributed by atoms with Crippen LogP contribution in [0.3, 0.4) is 0 Å². The molecule has 1 aromatic carbocycles. The molecule has 1 N–H and O–H groups in total. The Morgan fingerprint density at radius 2 is 2.21 bits per heavy atom. The molecule has 0 aliphatic carbocycles. The van der Waals surface area contributed by atoms with Gasteiger partial charge in [0.2, 0.25) is 10.0 Å². The molecule has 3 rings (SSSR count). The first kappa shape index (κ1) is 16.1. The zero-order valence-electron chi connectivity index (χ0n) is 12.9. The summed E-state index contributed by atoms with van der Waals surface area (Å²) in [6, 6.07) is 8.42. The van der Waals surface area contributed by atoms with Gasteiger partial charge in [-0.2, -0.15) is 0 Å². The van der Waals surface area contributed by atoms with E-state index in [4.69, 9.17) is 10.8 Å². The van der Waals surface area contributed by atoms with Crippen LogP contribution >= 0.6 is 0 Å². The van der Waals surface area contributed by atoms with E-state index in [-0.39, 0.29) is 11.7 Å². The lowest BCUT2D eigenvalue weighted by Crippen LogP contribution is -2.35. The quantitative estimate of drug-likeness (QED) is 0.863. The molecule has 1 aliphatic rings. The topological polar surface area (TPSA) is 79.6 Å². The number of nitrogens with one attached hydrogen (secondary N) is 1. The van der Waals surface area contributed by atoms with Gasteiger partial charge in [0.1, 0.15) is 5.75 Å². The molecule has 0 unspecified atom stereocenters. The third kappa shape index (κ3) is 3.29. The smallest absolute Gasteiger partial charge is 0.293 e. The number of carbonyl (C=O) groups is 1. The lowest BCUT2D eigenvalue weighted by atomic mass is 10.0. The van der Waals surface area contributed by atoms with Crippen LogP contribution in [0, 0.1) is 12.3 Å². The van der Waals surface area contributed by atoms with Crippen molar-refractivity contribution in [1.29, 1.82) is 0 Å². The number of amides is 1. The van der Waals surface area contributed by atoms with Gasteiger partial charge in [-0.3, -0.25) is 9.52 Å². The number of carbonyl (C=O) groups excluding carboxylic acids is 1. The van der Waals surface area contributed by atoms with Crippen molar-refractivity contribution in [2.45, 2.75) is 12.8 Å². The van der Waals surface area contributed by atoms with E-state index in [1.54, 1.807) is 29.2 Å². The van der Waals surface area contributed by atoms with E-state index < -0.39 is 15.8 Å². The van der Waals surface area contributed by atoms with Crippen LogP contribution in [0.15, 0.2) is 41.0 Å². The summed E-state index contributed by atoms with van der Waals surface area (Å²) in [5, 5.41) is 0. The van der Waals surface area contributed by atoms with Crippen LogP contribution in [-0.2, 0) is 16.4 Å². The lowest BCUT2D eigenvalue weighted by molar-refractivity contribution is 0.0958. The molecule has 0 atom stereocenters. The number of anilines is 2. The van der Waals surface area contributed by atoms with Crippen molar-refractivity contribution in [2.24, 2.45) is 0 Å². The second-order valence-electron chi connectivity index (χ2n) is 5.45. The molecule has 1 aliphatic heterocycles. The Morgan fingerprint density at radius 1 is 1.38 bits per heavy atom. The molecule has 1 aromatic heterocycles. The number of sulfonamides is 1. The Balaban J connectivity index is 1.93.